The molecule has 100 valence electrons. The van der Waals surface area contributed by atoms with Gasteiger partial charge in [0, 0.05) is 45.6 Å². The third-order valence-electron chi connectivity index (χ3n) is 3.29. The zero-order valence-corrected chi connectivity index (χ0v) is 10.6. The highest BCUT2D eigenvalue weighted by Crippen LogP contribution is 2.25. The van der Waals surface area contributed by atoms with Gasteiger partial charge in [-0.05, 0) is 6.07 Å². The molecule has 6 heteroatoms. The second-order valence-electron chi connectivity index (χ2n) is 4.27. The van der Waals surface area contributed by atoms with Crippen LogP contribution in [0.3, 0.4) is 0 Å². The Kier molecular flexibility index (Phi) is 4.11. The van der Waals surface area contributed by atoms with Crippen LogP contribution in [0.4, 0.5) is 10.2 Å². The largest absolute Gasteiger partial charge is 0.377 e. The van der Waals surface area contributed by atoms with Gasteiger partial charge in [0.15, 0.2) is 11.6 Å². The molecule has 1 fully saturated rings. The van der Waals surface area contributed by atoms with Crippen LogP contribution in [-0.4, -0.2) is 44.5 Å². The molecular weight excluding hydrogens is 237 g/mol. The maximum atomic E-state index is 14.1. The van der Waals surface area contributed by atoms with Gasteiger partial charge in [-0.2, -0.15) is 0 Å². The molecule has 1 aliphatic rings. The van der Waals surface area contributed by atoms with Gasteiger partial charge in [0.2, 0.25) is 0 Å². The number of aromatic nitrogens is 1. The lowest BCUT2D eigenvalue weighted by atomic mass is 10.2. The van der Waals surface area contributed by atoms with Crippen molar-refractivity contribution < 1.29 is 13.9 Å². The molecule has 18 heavy (non-hydrogen) atoms. The monoisotopic (exact) mass is 255 g/mol. The number of nitrogens with zero attached hydrogens (tertiary/aromatic N) is 2. The van der Waals surface area contributed by atoms with E-state index in [1.54, 1.807) is 26.5 Å². The number of nitrogens with two attached hydrogens (primary N) is 1. The molecule has 0 aromatic carbocycles. The van der Waals surface area contributed by atoms with E-state index >= 15 is 0 Å². The van der Waals surface area contributed by atoms with E-state index in [0.29, 0.717) is 24.5 Å². The molecule has 0 bridgehead atoms. The lowest BCUT2D eigenvalue weighted by Gasteiger charge is -2.18. The van der Waals surface area contributed by atoms with Gasteiger partial charge in [-0.15, -0.1) is 0 Å². The Bertz CT molecular complexity index is 404. The van der Waals surface area contributed by atoms with Gasteiger partial charge in [-0.3, -0.25) is 0 Å². The lowest BCUT2D eigenvalue weighted by molar-refractivity contribution is -0.00461. The number of hydrogen-bond acceptors (Lipinski definition) is 5. The standard InChI is InChI=1S/C12H18FN3O2/c1-17-9-6-16(7-10(9)18-2)12-11(13)8(5-14)3-4-15-12/h3-4,9-10H,5-7,14H2,1-2H3. The molecule has 1 aromatic rings. The van der Waals surface area contributed by atoms with Crippen LogP contribution < -0.4 is 10.6 Å². The average molecular weight is 255 g/mol. The van der Waals surface area contributed by atoms with Crippen LogP contribution in [0.5, 0.6) is 0 Å². The van der Waals surface area contributed by atoms with Crippen molar-refractivity contribution in [1.29, 1.82) is 0 Å². The minimum atomic E-state index is -0.355. The van der Waals surface area contributed by atoms with Crippen LogP contribution in [0.15, 0.2) is 12.3 Å². The Morgan fingerprint density at radius 1 is 1.39 bits per heavy atom. The third kappa shape index (κ3) is 2.31. The number of methoxy groups -OCH3 is 2. The predicted molar refractivity (Wildman–Crippen MR) is 65.9 cm³/mol. The van der Waals surface area contributed by atoms with E-state index in [1.165, 1.54) is 0 Å². The molecule has 0 radical (unpaired) electrons. The van der Waals surface area contributed by atoms with Crippen LogP contribution in [0.1, 0.15) is 5.56 Å². The highest BCUT2D eigenvalue weighted by molar-refractivity contribution is 5.45. The first-order chi connectivity index (χ1) is 8.71. The smallest absolute Gasteiger partial charge is 0.170 e. The second kappa shape index (κ2) is 5.60. The van der Waals surface area contributed by atoms with E-state index in [-0.39, 0.29) is 24.6 Å². The predicted octanol–water partition coefficient (Wildman–Crippen LogP) is 0.529. The molecule has 2 heterocycles. The number of hydrogen-bond donors (Lipinski definition) is 1. The van der Waals surface area contributed by atoms with E-state index in [4.69, 9.17) is 15.2 Å². The quantitative estimate of drug-likeness (QED) is 0.850. The zero-order valence-electron chi connectivity index (χ0n) is 10.6. The van der Waals surface area contributed by atoms with Crippen molar-refractivity contribution >= 4 is 5.82 Å². The normalized spacial score (nSPS) is 23.7. The number of rotatable bonds is 4. The number of pyridine rings is 1. The van der Waals surface area contributed by atoms with Gasteiger partial charge >= 0.3 is 0 Å². The van der Waals surface area contributed by atoms with E-state index in [9.17, 15) is 4.39 Å². The van der Waals surface area contributed by atoms with E-state index in [0.717, 1.165) is 0 Å². The van der Waals surface area contributed by atoms with E-state index in [2.05, 4.69) is 4.98 Å². The highest BCUT2D eigenvalue weighted by atomic mass is 19.1. The molecule has 5 nitrogen and oxygen atoms in total. The van der Waals surface area contributed by atoms with Crippen LogP contribution in [0.25, 0.3) is 0 Å². The maximum Gasteiger partial charge on any atom is 0.170 e. The molecule has 2 rings (SSSR count). The first kappa shape index (κ1) is 13.2. The minimum Gasteiger partial charge on any atom is -0.377 e. The van der Waals surface area contributed by atoms with E-state index in [1.807, 2.05) is 4.90 Å². The SMILES string of the molecule is COC1CN(c2nccc(CN)c2F)CC1OC. The number of ether oxygens (including phenoxy) is 2. The van der Waals surface area contributed by atoms with Crippen molar-refractivity contribution in [2.24, 2.45) is 5.73 Å². The topological polar surface area (TPSA) is 60.6 Å². The fourth-order valence-electron chi connectivity index (χ4n) is 2.22. The first-order valence-electron chi connectivity index (χ1n) is 5.85. The summed E-state index contributed by atoms with van der Waals surface area (Å²) in [5, 5.41) is 0. The fraction of sp³-hybridized carbons (Fsp3) is 0.583. The molecule has 1 aliphatic heterocycles. The Labute approximate surface area is 106 Å². The Hall–Kier alpha value is -1.24. The lowest BCUT2D eigenvalue weighted by Crippen LogP contribution is -2.27. The summed E-state index contributed by atoms with van der Waals surface area (Å²) in [6.45, 7) is 1.29. The molecule has 2 unspecified atom stereocenters. The second-order valence-corrected chi connectivity index (χ2v) is 4.27. The molecular formula is C12H18FN3O2. The van der Waals surface area contributed by atoms with Crippen LogP contribution in [0, 0.1) is 5.82 Å². The maximum absolute atomic E-state index is 14.1. The molecule has 0 amide bonds. The van der Waals surface area contributed by atoms with Gasteiger partial charge in [-0.25, -0.2) is 9.37 Å². The summed E-state index contributed by atoms with van der Waals surface area (Å²) in [7, 11) is 3.25. The third-order valence-corrected chi connectivity index (χ3v) is 3.29. The van der Waals surface area contributed by atoms with Crippen LogP contribution >= 0.6 is 0 Å². The molecule has 1 saturated heterocycles. The molecule has 0 saturated carbocycles. The zero-order chi connectivity index (χ0) is 13.1. The number of halogens is 1. The summed E-state index contributed by atoms with van der Waals surface area (Å²) in [4.78, 5) is 5.92. The average Bonchev–Trinajstić information content (AvgIpc) is 2.82. The van der Waals surface area contributed by atoms with Crippen LogP contribution in [-0.2, 0) is 16.0 Å². The van der Waals surface area contributed by atoms with Gasteiger partial charge in [0.25, 0.3) is 0 Å². The summed E-state index contributed by atoms with van der Waals surface area (Å²) in [5.74, 6) is -0.0360. The van der Waals surface area contributed by atoms with Crippen molar-refractivity contribution in [3.8, 4) is 0 Å². The van der Waals surface area contributed by atoms with Gasteiger partial charge in [0.1, 0.15) is 12.2 Å². The Balaban J connectivity index is 2.23. The van der Waals surface area contributed by atoms with Crippen molar-refractivity contribution in [3.63, 3.8) is 0 Å². The van der Waals surface area contributed by atoms with Crippen molar-refractivity contribution in [2.45, 2.75) is 18.8 Å². The molecule has 0 spiro atoms. The van der Waals surface area contributed by atoms with Crippen LogP contribution in [0.2, 0.25) is 0 Å². The first-order valence-corrected chi connectivity index (χ1v) is 5.85. The van der Waals surface area contributed by atoms with Gasteiger partial charge in [0.05, 0.1) is 0 Å². The molecule has 2 N–H and O–H groups in total. The van der Waals surface area contributed by atoms with Crippen molar-refractivity contribution in [3.05, 3.63) is 23.6 Å². The Morgan fingerprint density at radius 3 is 2.50 bits per heavy atom. The molecule has 2 atom stereocenters. The summed E-state index contributed by atoms with van der Waals surface area (Å²) in [5.41, 5.74) is 5.96. The summed E-state index contributed by atoms with van der Waals surface area (Å²) >= 11 is 0. The summed E-state index contributed by atoms with van der Waals surface area (Å²) in [6, 6.07) is 1.59. The Morgan fingerprint density at radius 2 is 2.00 bits per heavy atom. The van der Waals surface area contributed by atoms with Crippen molar-refractivity contribution in [1.82, 2.24) is 4.98 Å². The molecule has 0 aliphatic carbocycles. The molecule has 1 aromatic heterocycles. The summed E-state index contributed by atoms with van der Waals surface area (Å²) < 4.78 is 24.8. The number of anilines is 1. The van der Waals surface area contributed by atoms with Crippen molar-refractivity contribution in [2.75, 3.05) is 32.2 Å². The van der Waals surface area contributed by atoms with Gasteiger partial charge < -0.3 is 20.1 Å². The van der Waals surface area contributed by atoms with E-state index < -0.39 is 0 Å². The van der Waals surface area contributed by atoms with Gasteiger partial charge in [-0.1, -0.05) is 0 Å². The summed E-state index contributed by atoms with van der Waals surface area (Å²) in [6.07, 6.45) is 1.43. The minimum absolute atomic E-state index is 0.0715. The fourth-order valence-corrected chi connectivity index (χ4v) is 2.22. The highest BCUT2D eigenvalue weighted by Gasteiger charge is 2.34.